The molecule has 200 valence electrons. The SMILES string of the molecule is CC(C)C[C@H](C(=O)N1C[C@H](N=[N+]=[N-])[C@H]2OCC(=O)[C@H]21)c1cc(N2CCN(C(C)C)CC2)ccc1C(N)=O. The normalized spacial score (nSPS) is 24.9. The van der Waals surface area contributed by atoms with Gasteiger partial charge in [-0.05, 0) is 55.5 Å². The van der Waals surface area contributed by atoms with E-state index in [-0.39, 0.29) is 30.8 Å². The highest BCUT2D eigenvalue weighted by Gasteiger charge is 2.53. The molecular weight excluding hydrogens is 474 g/mol. The first kappa shape index (κ1) is 26.9. The maximum Gasteiger partial charge on any atom is 0.249 e. The van der Waals surface area contributed by atoms with Gasteiger partial charge >= 0.3 is 0 Å². The Balaban J connectivity index is 1.69. The number of hydrogen-bond acceptors (Lipinski definition) is 7. The van der Waals surface area contributed by atoms with Crippen LogP contribution in [0.4, 0.5) is 5.69 Å². The molecule has 2 amide bonds. The minimum atomic E-state index is -0.790. The molecule has 3 aliphatic heterocycles. The van der Waals surface area contributed by atoms with Crippen molar-refractivity contribution in [2.24, 2.45) is 16.8 Å². The summed E-state index contributed by atoms with van der Waals surface area (Å²) >= 11 is 0. The summed E-state index contributed by atoms with van der Waals surface area (Å²) in [5.41, 5.74) is 16.6. The van der Waals surface area contributed by atoms with Crippen molar-refractivity contribution in [3.63, 3.8) is 0 Å². The molecule has 0 radical (unpaired) electrons. The third kappa shape index (κ3) is 5.44. The molecule has 4 rings (SSSR count). The largest absolute Gasteiger partial charge is 0.369 e. The van der Waals surface area contributed by atoms with Crippen LogP contribution < -0.4 is 10.6 Å². The van der Waals surface area contributed by atoms with E-state index in [0.29, 0.717) is 23.6 Å². The number of Topliss-reactive ketones (excluding diaryl/α,β-unsaturated/α-hetero) is 1. The van der Waals surface area contributed by atoms with E-state index < -0.39 is 30.0 Å². The van der Waals surface area contributed by atoms with Crippen LogP contribution in [0.3, 0.4) is 0 Å². The van der Waals surface area contributed by atoms with Crippen molar-refractivity contribution in [2.75, 3.05) is 44.2 Å². The highest BCUT2D eigenvalue weighted by atomic mass is 16.5. The second-order valence-electron chi connectivity index (χ2n) is 10.9. The number of ether oxygens (including phenoxy) is 1. The molecule has 1 aromatic carbocycles. The Morgan fingerprint density at radius 2 is 1.89 bits per heavy atom. The highest BCUT2D eigenvalue weighted by molar-refractivity contribution is 5.99. The van der Waals surface area contributed by atoms with Crippen molar-refractivity contribution < 1.29 is 19.1 Å². The Hall–Kier alpha value is -3.14. The summed E-state index contributed by atoms with van der Waals surface area (Å²) in [5, 5.41) is 3.79. The lowest BCUT2D eigenvalue weighted by atomic mass is 9.85. The summed E-state index contributed by atoms with van der Waals surface area (Å²) in [6.07, 6.45) is -0.176. The molecule has 3 fully saturated rings. The highest BCUT2D eigenvalue weighted by Crippen LogP contribution is 2.37. The van der Waals surface area contributed by atoms with Crippen molar-refractivity contribution in [1.82, 2.24) is 9.80 Å². The van der Waals surface area contributed by atoms with Crippen LogP contribution in [0.1, 0.15) is 56.0 Å². The number of anilines is 1. The minimum absolute atomic E-state index is 0.0985. The second kappa shape index (κ2) is 11.1. The second-order valence-corrected chi connectivity index (χ2v) is 10.9. The number of primary amides is 1. The molecule has 0 unspecified atom stereocenters. The van der Waals surface area contributed by atoms with Crippen LogP contribution in [0, 0.1) is 5.92 Å². The zero-order chi connectivity index (χ0) is 26.9. The molecule has 3 heterocycles. The number of piperazine rings is 1. The molecule has 0 saturated carbocycles. The summed E-state index contributed by atoms with van der Waals surface area (Å²) in [7, 11) is 0. The predicted molar refractivity (Wildman–Crippen MR) is 139 cm³/mol. The Morgan fingerprint density at radius 1 is 1.19 bits per heavy atom. The average Bonchev–Trinajstić information content (AvgIpc) is 3.42. The molecule has 4 atom stereocenters. The number of azide groups is 1. The van der Waals surface area contributed by atoms with Crippen LogP contribution in [-0.2, 0) is 14.3 Å². The van der Waals surface area contributed by atoms with Gasteiger partial charge in [-0.15, -0.1) is 0 Å². The van der Waals surface area contributed by atoms with E-state index in [4.69, 9.17) is 16.0 Å². The minimum Gasteiger partial charge on any atom is -0.369 e. The molecule has 1 aromatic rings. The standard InChI is InChI=1S/C26H37N7O4/c1-15(2)11-20(26(36)33-13-21(29-30-28)24-23(33)22(34)14-37-24)19-12-17(5-6-18(19)25(27)35)32-9-7-31(8-10-32)16(3)4/h5-6,12,15-16,20-21,23-24H,7-11,13-14H2,1-4H3,(H2,27,35)/t20-,21-,23+,24+/m0/s1. The van der Waals surface area contributed by atoms with Crippen LogP contribution in [0.2, 0.25) is 0 Å². The molecule has 3 saturated heterocycles. The summed E-state index contributed by atoms with van der Waals surface area (Å²) < 4.78 is 5.59. The number of carbonyl (C=O) groups excluding carboxylic acids is 3. The molecule has 37 heavy (non-hydrogen) atoms. The van der Waals surface area contributed by atoms with Crippen LogP contribution in [0.25, 0.3) is 10.4 Å². The first-order chi connectivity index (χ1) is 17.6. The van der Waals surface area contributed by atoms with Gasteiger partial charge in [0.15, 0.2) is 5.78 Å². The Labute approximate surface area is 217 Å². The van der Waals surface area contributed by atoms with Crippen molar-refractivity contribution in [3.8, 4) is 0 Å². The van der Waals surface area contributed by atoms with Gasteiger partial charge in [0.05, 0.1) is 18.1 Å². The third-order valence-corrected chi connectivity index (χ3v) is 7.73. The number of nitrogens with zero attached hydrogens (tertiary/aromatic N) is 6. The third-order valence-electron chi connectivity index (χ3n) is 7.73. The van der Waals surface area contributed by atoms with Crippen LogP contribution >= 0.6 is 0 Å². The lowest BCUT2D eigenvalue weighted by Crippen LogP contribution is -2.49. The smallest absolute Gasteiger partial charge is 0.249 e. The molecular formula is C26H37N7O4. The molecule has 2 N–H and O–H groups in total. The van der Waals surface area contributed by atoms with E-state index in [1.54, 1.807) is 6.07 Å². The number of ketones is 1. The topological polar surface area (TPSA) is 145 Å². The maximum absolute atomic E-state index is 14.1. The Morgan fingerprint density at radius 3 is 2.49 bits per heavy atom. The van der Waals surface area contributed by atoms with E-state index in [1.165, 1.54) is 4.90 Å². The summed E-state index contributed by atoms with van der Waals surface area (Å²) in [6, 6.07) is 4.57. The van der Waals surface area contributed by atoms with Crippen LogP contribution in [0.15, 0.2) is 23.3 Å². The predicted octanol–water partition coefficient (Wildman–Crippen LogP) is 2.30. The average molecular weight is 512 g/mol. The van der Waals surface area contributed by atoms with Gasteiger partial charge in [-0.1, -0.05) is 19.0 Å². The van der Waals surface area contributed by atoms with Gasteiger partial charge in [0.2, 0.25) is 11.8 Å². The molecule has 3 aliphatic rings. The van der Waals surface area contributed by atoms with Gasteiger partial charge in [-0.2, -0.15) is 0 Å². The fourth-order valence-corrected chi connectivity index (χ4v) is 5.81. The zero-order valence-electron chi connectivity index (χ0n) is 22.0. The van der Waals surface area contributed by atoms with E-state index in [9.17, 15) is 14.4 Å². The Kier molecular flexibility index (Phi) is 8.06. The van der Waals surface area contributed by atoms with Gasteiger partial charge in [0.25, 0.3) is 0 Å². The first-order valence-corrected chi connectivity index (χ1v) is 13.0. The van der Waals surface area contributed by atoms with E-state index in [1.807, 2.05) is 26.0 Å². The van der Waals surface area contributed by atoms with Gasteiger partial charge in [0, 0.05) is 54.9 Å². The monoisotopic (exact) mass is 511 g/mol. The molecule has 0 aliphatic carbocycles. The fourth-order valence-electron chi connectivity index (χ4n) is 5.81. The summed E-state index contributed by atoms with van der Waals surface area (Å²) in [6.45, 7) is 11.9. The molecule has 0 bridgehead atoms. The fraction of sp³-hybridized carbons (Fsp3) is 0.654. The number of carbonyl (C=O) groups is 3. The Bertz CT molecular complexity index is 1090. The van der Waals surface area contributed by atoms with Gasteiger partial charge in [-0.3, -0.25) is 19.3 Å². The lowest BCUT2D eigenvalue weighted by molar-refractivity contribution is -0.138. The quantitative estimate of drug-likeness (QED) is 0.322. The van der Waals surface area contributed by atoms with Crippen molar-refractivity contribution in [3.05, 3.63) is 39.8 Å². The number of benzene rings is 1. The number of hydrogen-bond donors (Lipinski definition) is 1. The van der Waals surface area contributed by atoms with E-state index in [2.05, 4.69) is 33.7 Å². The maximum atomic E-state index is 14.1. The number of amides is 2. The molecule has 0 spiro atoms. The zero-order valence-corrected chi connectivity index (χ0v) is 22.0. The van der Waals surface area contributed by atoms with Gasteiger partial charge < -0.3 is 20.3 Å². The van der Waals surface area contributed by atoms with Gasteiger partial charge in [0.1, 0.15) is 12.6 Å². The number of nitrogens with two attached hydrogens (primary N) is 1. The van der Waals surface area contributed by atoms with E-state index >= 15 is 0 Å². The van der Waals surface area contributed by atoms with Crippen molar-refractivity contribution in [1.29, 1.82) is 0 Å². The number of rotatable bonds is 8. The van der Waals surface area contributed by atoms with Crippen molar-refractivity contribution in [2.45, 2.75) is 64.3 Å². The molecule has 0 aromatic heterocycles. The molecule has 11 nitrogen and oxygen atoms in total. The molecule has 11 heteroatoms. The summed E-state index contributed by atoms with van der Waals surface area (Å²) in [4.78, 5) is 48.3. The van der Waals surface area contributed by atoms with Crippen molar-refractivity contribution >= 4 is 23.3 Å². The van der Waals surface area contributed by atoms with E-state index in [0.717, 1.165) is 31.9 Å². The number of fused-ring (bicyclic) bond motifs is 1. The van der Waals surface area contributed by atoms with Crippen LogP contribution in [0.5, 0.6) is 0 Å². The lowest BCUT2D eigenvalue weighted by Gasteiger charge is -2.38. The van der Waals surface area contributed by atoms with Crippen LogP contribution in [-0.4, -0.2) is 91.0 Å². The first-order valence-electron chi connectivity index (χ1n) is 13.0. The summed E-state index contributed by atoms with van der Waals surface area (Å²) in [5.74, 6) is -1.63. The number of likely N-dealkylation sites (tertiary alicyclic amines) is 1. The van der Waals surface area contributed by atoms with Gasteiger partial charge in [-0.25, -0.2) is 0 Å².